The van der Waals surface area contributed by atoms with E-state index in [1.54, 1.807) is 0 Å². The summed E-state index contributed by atoms with van der Waals surface area (Å²) < 4.78 is 0. The smallest absolute Gasteiger partial charge is 0.304 e. The van der Waals surface area contributed by atoms with Gasteiger partial charge in [0.15, 0.2) is 0 Å². The van der Waals surface area contributed by atoms with Crippen LogP contribution >= 0.6 is 0 Å². The van der Waals surface area contributed by atoms with Gasteiger partial charge in [-0.1, -0.05) is 13.8 Å². The van der Waals surface area contributed by atoms with Gasteiger partial charge >= 0.3 is 5.97 Å². The van der Waals surface area contributed by atoms with E-state index in [2.05, 4.69) is 10.6 Å². The van der Waals surface area contributed by atoms with Crippen LogP contribution in [0.3, 0.4) is 0 Å². The van der Waals surface area contributed by atoms with Crippen LogP contribution < -0.4 is 10.6 Å². The Labute approximate surface area is 92.4 Å². The number of carboxylic acid groups (broad SMARTS) is 1. The maximum Gasteiger partial charge on any atom is 0.304 e. The Hall–Kier alpha value is -0.610. The number of rotatable bonds is 6. The van der Waals surface area contributed by atoms with Crippen molar-refractivity contribution in [3.05, 3.63) is 0 Å². The minimum Gasteiger partial charge on any atom is -0.481 e. The Morgan fingerprint density at radius 1 is 1.47 bits per heavy atom. The topological polar surface area (TPSA) is 61.4 Å². The van der Waals surface area contributed by atoms with E-state index in [9.17, 15) is 4.79 Å². The highest BCUT2D eigenvalue weighted by Crippen LogP contribution is 2.07. The molecule has 1 heterocycles. The van der Waals surface area contributed by atoms with Crippen LogP contribution in [0.25, 0.3) is 0 Å². The van der Waals surface area contributed by atoms with Crippen LogP contribution in [0.4, 0.5) is 0 Å². The van der Waals surface area contributed by atoms with Crippen LogP contribution in [0, 0.1) is 0 Å². The maximum absolute atomic E-state index is 10.2. The molecule has 1 rings (SSSR count). The van der Waals surface area contributed by atoms with E-state index in [0.29, 0.717) is 12.6 Å². The summed E-state index contributed by atoms with van der Waals surface area (Å²) in [5.41, 5.74) is 0. The van der Waals surface area contributed by atoms with Crippen LogP contribution in [0.5, 0.6) is 0 Å². The Kier molecular flexibility index (Phi) is 9.52. The van der Waals surface area contributed by atoms with Gasteiger partial charge in [0, 0.05) is 12.6 Å². The molecule has 4 heteroatoms. The van der Waals surface area contributed by atoms with Gasteiger partial charge in [0.05, 0.1) is 6.42 Å². The molecule has 1 saturated heterocycles. The number of carboxylic acids is 1. The standard InChI is InChI=1S/C9H18N2O2.C2H6/c12-9(13)4-7-10-6-3-8-2-1-5-11-8;1-2/h8,10-11H,1-7H2,(H,12,13);1-2H3. The summed E-state index contributed by atoms with van der Waals surface area (Å²) in [6, 6.07) is 0.650. The first kappa shape index (κ1) is 14.4. The molecule has 3 N–H and O–H groups in total. The molecule has 90 valence electrons. The number of hydrogen-bond acceptors (Lipinski definition) is 3. The molecule has 0 aromatic rings. The van der Waals surface area contributed by atoms with Gasteiger partial charge in [0.1, 0.15) is 0 Å². The first-order chi connectivity index (χ1) is 7.29. The molecule has 15 heavy (non-hydrogen) atoms. The van der Waals surface area contributed by atoms with Crippen LogP contribution in [0.1, 0.15) is 39.5 Å². The van der Waals surface area contributed by atoms with E-state index in [4.69, 9.17) is 5.11 Å². The molecule has 0 radical (unpaired) electrons. The Bertz CT molecular complexity index is 157. The Morgan fingerprint density at radius 3 is 2.73 bits per heavy atom. The molecule has 1 aliphatic rings. The zero-order valence-corrected chi connectivity index (χ0v) is 9.88. The molecule has 0 spiro atoms. The molecule has 0 aromatic carbocycles. The van der Waals surface area contributed by atoms with E-state index < -0.39 is 5.97 Å². The van der Waals surface area contributed by atoms with Gasteiger partial charge in [-0.3, -0.25) is 4.79 Å². The summed E-state index contributed by atoms with van der Waals surface area (Å²) in [5.74, 6) is -0.730. The molecule has 0 bridgehead atoms. The van der Waals surface area contributed by atoms with E-state index in [0.717, 1.165) is 19.5 Å². The van der Waals surface area contributed by atoms with Gasteiger partial charge in [-0.15, -0.1) is 0 Å². The van der Waals surface area contributed by atoms with Crippen molar-refractivity contribution < 1.29 is 9.90 Å². The van der Waals surface area contributed by atoms with Crippen molar-refractivity contribution in [2.75, 3.05) is 19.6 Å². The zero-order chi connectivity index (χ0) is 11.5. The third-order valence-corrected chi connectivity index (χ3v) is 2.35. The number of nitrogens with one attached hydrogen (secondary N) is 2. The summed E-state index contributed by atoms with van der Waals surface area (Å²) in [6.45, 7) is 6.65. The molecule has 4 nitrogen and oxygen atoms in total. The molecule has 0 saturated carbocycles. The van der Waals surface area contributed by atoms with Crippen molar-refractivity contribution >= 4 is 5.97 Å². The lowest BCUT2D eigenvalue weighted by Gasteiger charge is -2.09. The Morgan fingerprint density at radius 2 is 2.20 bits per heavy atom. The van der Waals surface area contributed by atoms with Crippen molar-refractivity contribution in [2.24, 2.45) is 0 Å². The number of hydrogen-bond donors (Lipinski definition) is 3. The normalized spacial score (nSPS) is 19.5. The molecule has 0 aromatic heterocycles. The first-order valence-corrected chi connectivity index (χ1v) is 5.95. The molecule has 1 aliphatic heterocycles. The van der Waals surface area contributed by atoms with E-state index in [1.807, 2.05) is 13.8 Å². The van der Waals surface area contributed by atoms with Crippen LogP contribution in [0.2, 0.25) is 0 Å². The predicted octanol–water partition coefficient (Wildman–Crippen LogP) is 1.22. The van der Waals surface area contributed by atoms with Crippen LogP contribution in [-0.2, 0) is 4.79 Å². The highest BCUT2D eigenvalue weighted by atomic mass is 16.4. The van der Waals surface area contributed by atoms with Crippen molar-refractivity contribution in [3.8, 4) is 0 Å². The number of aliphatic carboxylic acids is 1. The van der Waals surface area contributed by atoms with E-state index in [1.165, 1.54) is 12.8 Å². The minimum absolute atomic E-state index is 0.220. The minimum atomic E-state index is -0.730. The van der Waals surface area contributed by atoms with Crippen LogP contribution in [-0.4, -0.2) is 36.8 Å². The van der Waals surface area contributed by atoms with E-state index >= 15 is 0 Å². The second-order valence-corrected chi connectivity index (χ2v) is 3.48. The SMILES string of the molecule is CC.O=C(O)CCNCCC1CCCN1. The third kappa shape index (κ3) is 8.39. The summed E-state index contributed by atoms with van der Waals surface area (Å²) in [7, 11) is 0. The summed E-state index contributed by atoms with van der Waals surface area (Å²) in [4.78, 5) is 10.2. The van der Waals surface area contributed by atoms with Gasteiger partial charge in [-0.25, -0.2) is 0 Å². The monoisotopic (exact) mass is 216 g/mol. The molecule has 1 unspecified atom stereocenters. The lowest BCUT2D eigenvalue weighted by atomic mass is 10.1. The highest BCUT2D eigenvalue weighted by molar-refractivity contribution is 5.66. The zero-order valence-electron chi connectivity index (χ0n) is 9.88. The largest absolute Gasteiger partial charge is 0.481 e. The number of carbonyl (C=O) groups is 1. The average molecular weight is 216 g/mol. The summed E-state index contributed by atoms with van der Waals surface area (Å²) in [5, 5.41) is 14.9. The molecule has 0 aliphatic carbocycles. The third-order valence-electron chi connectivity index (χ3n) is 2.35. The molecular formula is C11H24N2O2. The van der Waals surface area contributed by atoms with Gasteiger partial charge in [0.25, 0.3) is 0 Å². The van der Waals surface area contributed by atoms with Crippen molar-refractivity contribution in [1.82, 2.24) is 10.6 Å². The second kappa shape index (κ2) is 9.93. The first-order valence-electron chi connectivity index (χ1n) is 5.95. The van der Waals surface area contributed by atoms with Gasteiger partial charge < -0.3 is 15.7 Å². The van der Waals surface area contributed by atoms with Crippen molar-refractivity contribution in [2.45, 2.75) is 45.6 Å². The lowest BCUT2D eigenvalue weighted by molar-refractivity contribution is -0.136. The molecule has 0 amide bonds. The average Bonchev–Trinajstić information content (AvgIpc) is 2.73. The molecule has 1 fully saturated rings. The lowest BCUT2D eigenvalue weighted by Crippen LogP contribution is -2.28. The fourth-order valence-electron chi connectivity index (χ4n) is 1.60. The highest BCUT2D eigenvalue weighted by Gasteiger charge is 2.12. The summed E-state index contributed by atoms with van der Waals surface area (Å²) in [6.07, 6.45) is 3.87. The van der Waals surface area contributed by atoms with Crippen molar-refractivity contribution in [1.29, 1.82) is 0 Å². The van der Waals surface area contributed by atoms with Gasteiger partial charge in [-0.2, -0.15) is 0 Å². The fraction of sp³-hybridized carbons (Fsp3) is 0.909. The Balaban J connectivity index is 0.000000921. The predicted molar refractivity (Wildman–Crippen MR) is 62.1 cm³/mol. The fourth-order valence-corrected chi connectivity index (χ4v) is 1.60. The van der Waals surface area contributed by atoms with Crippen LogP contribution in [0.15, 0.2) is 0 Å². The second-order valence-electron chi connectivity index (χ2n) is 3.48. The quantitative estimate of drug-likeness (QED) is 0.584. The van der Waals surface area contributed by atoms with Gasteiger partial charge in [0.2, 0.25) is 0 Å². The maximum atomic E-state index is 10.2. The van der Waals surface area contributed by atoms with E-state index in [-0.39, 0.29) is 6.42 Å². The van der Waals surface area contributed by atoms with Gasteiger partial charge in [-0.05, 0) is 32.4 Å². The summed E-state index contributed by atoms with van der Waals surface area (Å²) >= 11 is 0. The molecular weight excluding hydrogens is 192 g/mol. The molecule has 1 atom stereocenters. The van der Waals surface area contributed by atoms with Crippen molar-refractivity contribution in [3.63, 3.8) is 0 Å².